The Kier molecular flexibility index (Phi) is 6.41. The summed E-state index contributed by atoms with van der Waals surface area (Å²) in [6.07, 6.45) is 1.89. The van der Waals surface area contributed by atoms with Gasteiger partial charge in [0.05, 0.1) is 22.0 Å². The van der Waals surface area contributed by atoms with Crippen molar-refractivity contribution < 1.29 is 8.42 Å². The zero-order valence-corrected chi connectivity index (χ0v) is 20.6. The van der Waals surface area contributed by atoms with Crippen LogP contribution in [0.3, 0.4) is 0 Å². The van der Waals surface area contributed by atoms with Gasteiger partial charge in [0.25, 0.3) is 5.56 Å². The lowest BCUT2D eigenvalue weighted by molar-refractivity contribution is 0.607. The molecule has 2 aromatic carbocycles. The van der Waals surface area contributed by atoms with E-state index in [9.17, 15) is 13.2 Å². The molecule has 0 aliphatic rings. The second-order valence-corrected chi connectivity index (χ2v) is 10.4. The maximum Gasteiger partial charge on any atom is 0.262 e. The number of halogens is 3. The molecule has 0 fully saturated rings. The van der Waals surface area contributed by atoms with E-state index in [-0.39, 0.29) is 15.6 Å². The van der Waals surface area contributed by atoms with Crippen molar-refractivity contribution in [1.82, 2.24) is 19.7 Å². The molecular formula is C21H18Cl3N5O3S. The van der Waals surface area contributed by atoms with Crippen LogP contribution < -0.4 is 10.3 Å². The van der Waals surface area contributed by atoms with E-state index < -0.39 is 10.0 Å². The minimum absolute atomic E-state index is 0.275. The second kappa shape index (κ2) is 8.98. The van der Waals surface area contributed by atoms with Crippen LogP contribution in [0.4, 0.5) is 5.69 Å². The Morgan fingerprint density at radius 1 is 1.09 bits per heavy atom. The molecule has 172 valence electrons. The Morgan fingerprint density at radius 3 is 2.30 bits per heavy atom. The highest BCUT2D eigenvalue weighted by molar-refractivity contribution is 7.92. The standard InChI is InChI=1S/C21H18Cl3N5O3S/c1-3-16-18-20(29(27-16)19-14(23)9-12(22)10-15(19)24)25-17(26-21(18)30)8-11-4-6-13(7-5-11)28-33(2,31)32/h4-7,9-10,28H,3,8H2,1-2H3,(H,25,26,30). The van der Waals surface area contributed by atoms with Gasteiger partial charge in [0.15, 0.2) is 5.65 Å². The molecule has 0 spiro atoms. The van der Waals surface area contributed by atoms with Gasteiger partial charge < -0.3 is 4.98 Å². The lowest BCUT2D eigenvalue weighted by Gasteiger charge is -2.09. The van der Waals surface area contributed by atoms with Crippen LogP contribution in [0.1, 0.15) is 24.0 Å². The zero-order chi connectivity index (χ0) is 23.9. The van der Waals surface area contributed by atoms with Gasteiger partial charge in [-0.3, -0.25) is 9.52 Å². The Morgan fingerprint density at radius 2 is 1.73 bits per heavy atom. The number of nitrogens with zero attached hydrogens (tertiary/aromatic N) is 3. The molecule has 0 bridgehead atoms. The minimum atomic E-state index is -3.37. The Balaban J connectivity index is 1.80. The molecule has 0 radical (unpaired) electrons. The third kappa shape index (κ3) is 5.01. The lowest BCUT2D eigenvalue weighted by atomic mass is 10.1. The van der Waals surface area contributed by atoms with Crippen molar-refractivity contribution in [2.75, 3.05) is 11.0 Å². The van der Waals surface area contributed by atoms with E-state index in [1.54, 1.807) is 36.4 Å². The average Bonchev–Trinajstić information content (AvgIpc) is 3.06. The predicted octanol–water partition coefficient (Wildman–Crippen LogP) is 4.59. The van der Waals surface area contributed by atoms with Crippen LogP contribution in [-0.2, 0) is 22.9 Å². The molecule has 4 aromatic rings. The molecule has 33 heavy (non-hydrogen) atoms. The third-order valence-electron chi connectivity index (χ3n) is 4.82. The summed E-state index contributed by atoms with van der Waals surface area (Å²) in [4.78, 5) is 20.4. The van der Waals surface area contributed by atoms with Gasteiger partial charge in [0.1, 0.15) is 16.9 Å². The fourth-order valence-electron chi connectivity index (χ4n) is 3.46. The average molecular weight is 527 g/mol. The molecule has 8 nitrogen and oxygen atoms in total. The number of hydrogen-bond acceptors (Lipinski definition) is 5. The largest absolute Gasteiger partial charge is 0.310 e. The summed E-state index contributed by atoms with van der Waals surface area (Å²) < 4.78 is 26.6. The fourth-order valence-corrected chi connectivity index (χ4v) is 5.00. The molecule has 0 aliphatic heterocycles. The molecule has 0 unspecified atom stereocenters. The number of hydrogen-bond donors (Lipinski definition) is 2. The first kappa shape index (κ1) is 23.6. The molecule has 0 aliphatic carbocycles. The van der Waals surface area contributed by atoms with Gasteiger partial charge in [0.2, 0.25) is 10.0 Å². The van der Waals surface area contributed by atoms with E-state index in [0.717, 1.165) is 11.8 Å². The number of aromatic nitrogens is 4. The summed E-state index contributed by atoms with van der Waals surface area (Å²) in [6.45, 7) is 1.89. The quantitative estimate of drug-likeness (QED) is 0.382. The second-order valence-electron chi connectivity index (χ2n) is 7.39. The molecule has 2 N–H and O–H groups in total. The van der Waals surface area contributed by atoms with Crippen molar-refractivity contribution >= 4 is 61.5 Å². The summed E-state index contributed by atoms with van der Waals surface area (Å²) in [5.41, 5.74) is 2.20. The maximum absolute atomic E-state index is 12.9. The molecular weight excluding hydrogens is 509 g/mol. The molecule has 2 aromatic heterocycles. The van der Waals surface area contributed by atoms with Crippen LogP contribution in [0.5, 0.6) is 0 Å². The smallest absolute Gasteiger partial charge is 0.262 e. The van der Waals surface area contributed by atoms with Gasteiger partial charge in [0, 0.05) is 17.1 Å². The van der Waals surface area contributed by atoms with Crippen LogP contribution in [0.2, 0.25) is 15.1 Å². The summed E-state index contributed by atoms with van der Waals surface area (Å²) in [5.74, 6) is 0.404. The van der Waals surface area contributed by atoms with E-state index in [1.165, 1.54) is 4.68 Å². The van der Waals surface area contributed by atoms with Gasteiger partial charge in [-0.05, 0) is 36.2 Å². The molecule has 0 atom stereocenters. The van der Waals surface area contributed by atoms with Crippen LogP contribution in [0.15, 0.2) is 41.2 Å². The van der Waals surface area contributed by atoms with Gasteiger partial charge >= 0.3 is 0 Å². The van der Waals surface area contributed by atoms with Crippen LogP contribution in [0.25, 0.3) is 16.7 Å². The number of nitrogens with one attached hydrogen (secondary N) is 2. The van der Waals surface area contributed by atoms with Gasteiger partial charge in [-0.25, -0.2) is 18.1 Å². The monoisotopic (exact) mass is 525 g/mol. The number of fused-ring (bicyclic) bond motifs is 1. The topological polar surface area (TPSA) is 110 Å². The highest BCUT2D eigenvalue weighted by Gasteiger charge is 2.20. The zero-order valence-electron chi connectivity index (χ0n) is 17.5. The Hall–Kier alpha value is -2.59. The summed E-state index contributed by atoms with van der Waals surface area (Å²) in [5, 5.41) is 5.82. The minimum Gasteiger partial charge on any atom is -0.310 e. The normalized spacial score (nSPS) is 11.8. The molecule has 0 amide bonds. The van der Waals surface area contributed by atoms with E-state index in [1.807, 2.05) is 6.92 Å². The van der Waals surface area contributed by atoms with Crippen molar-refractivity contribution in [1.29, 1.82) is 0 Å². The first-order valence-corrected chi connectivity index (χ1v) is 12.8. The lowest BCUT2D eigenvalue weighted by Crippen LogP contribution is -2.13. The van der Waals surface area contributed by atoms with Gasteiger partial charge in [-0.15, -0.1) is 0 Å². The summed E-state index contributed by atoms with van der Waals surface area (Å²) >= 11 is 18.8. The van der Waals surface area contributed by atoms with Crippen molar-refractivity contribution in [2.45, 2.75) is 19.8 Å². The third-order valence-corrected chi connectivity index (χ3v) is 6.22. The van der Waals surface area contributed by atoms with Crippen molar-refractivity contribution in [3.8, 4) is 5.69 Å². The molecule has 0 saturated carbocycles. The highest BCUT2D eigenvalue weighted by atomic mass is 35.5. The SMILES string of the molecule is CCc1nn(-c2c(Cl)cc(Cl)cc2Cl)c2nc(Cc3ccc(NS(C)(=O)=O)cc3)[nH]c(=O)c12. The van der Waals surface area contributed by atoms with Crippen molar-refractivity contribution in [3.05, 3.63) is 78.9 Å². The number of benzene rings is 2. The Bertz CT molecular complexity index is 1510. The molecule has 4 rings (SSSR count). The van der Waals surface area contributed by atoms with E-state index in [4.69, 9.17) is 34.8 Å². The number of sulfonamides is 1. The molecule has 2 heterocycles. The van der Waals surface area contributed by atoms with Crippen LogP contribution in [-0.4, -0.2) is 34.4 Å². The summed E-state index contributed by atoms with van der Waals surface area (Å²) in [7, 11) is -3.37. The van der Waals surface area contributed by atoms with E-state index in [0.29, 0.717) is 51.8 Å². The Labute approximate surface area is 204 Å². The van der Waals surface area contributed by atoms with Crippen molar-refractivity contribution in [3.63, 3.8) is 0 Å². The maximum atomic E-state index is 12.9. The fraction of sp³-hybridized carbons (Fsp3) is 0.190. The first-order chi connectivity index (χ1) is 15.6. The molecule has 12 heteroatoms. The number of aryl methyl sites for hydroxylation is 1. The number of anilines is 1. The number of rotatable bonds is 6. The number of aromatic amines is 1. The predicted molar refractivity (Wildman–Crippen MR) is 132 cm³/mol. The van der Waals surface area contributed by atoms with Crippen molar-refractivity contribution in [2.24, 2.45) is 0 Å². The highest BCUT2D eigenvalue weighted by Crippen LogP contribution is 2.33. The number of H-pyrrole nitrogens is 1. The van der Waals surface area contributed by atoms with E-state index in [2.05, 4.69) is 19.8 Å². The molecule has 0 saturated heterocycles. The van der Waals surface area contributed by atoms with Gasteiger partial charge in [-0.1, -0.05) is 53.9 Å². The van der Waals surface area contributed by atoms with Crippen LogP contribution >= 0.6 is 34.8 Å². The van der Waals surface area contributed by atoms with Gasteiger partial charge in [-0.2, -0.15) is 5.10 Å². The van der Waals surface area contributed by atoms with E-state index >= 15 is 0 Å². The van der Waals surface area contributed by atoms with Crippen LogP contribution in [0, 0.1) is 0 Å². The summed E-state index contributed by atoms with van der Waals surface area (Å²) in [6, 6.07) is 9.87. The first-order valence-electron chi connectivity index (χ1n) is 9.78.